The third kappa shape index (κ3) is 4.87. The second kappa shape index (κ2) is 8.88. The number of benzene rings is 2. The maximum Gasteiger partial charge on any atom is 0.220 e. The van der Waals surface area contributed by atoms with Gasteiger partial charge in [0, 0.05) is 31.2 Å². The minimum absolute atomic E-state index is 0.165. The third-order valence-electron chi connectivity index (χ3n) is 5.01. The monoisotopic (exact) mass is 350 g/mol. The molecule has 0 fully saturated rings. The van der Waals surface area contributed by atoms with E-state index in [-0.39, 0.29) is 11.9 Å². The molecule has 1 N–H and O–H groups in total. The topological polar surface area (TPSA) is 32.3 Å². The molecule has 3 rings (SSSR count). The normalized spacial score (nSPS) is 13.6. The molecular weight excluding hydrogens is 320 g/mol. The fourth-order valence-corrected chi connectivity index (χ4v) is 3.73. The van der Waals surface area contributed by atoms with E-state index >= 15 is 0 Å². The van der Waals surface area contributed by atoms with Crippen molar-refractivity contribution in [2.24, 2.45) is 0 Å². The van der Waals surface area contributed by atoms with Gasteiger partial charge in [-0.15, -0.1) is 0 Å². The van der Waals surface area contributed by atoms with E-state index in [9.17, 15) is 4.79 Å². The number of hydrogen-bond acceptors (Lipinski definition) is 2. The first-order valence-corrected chi connectivity index (χ1v) is 9.82. The molecule has 3 nitrogen and oxygen atoms in total. The highest BCUT2D eigenvalue weighted by Crippen LogP contribution is 2.28. The van der Waals surface area contributed by atoms with Gasteiger partial charge in [-0.25, -0.2) is 0 Å². The molecule has 1 aliphatic rings. The van der Waals surface area contributed by atoms with Crippen molar-refractivity contribution in [2.75, 3.05) is 11.4 Å². The summed E-state index contributed by atoms with van der Waals surface area (Å²) in [6.45, 7) is 5.95. The fourth-order valence-electron chi connectivity index (χ4n) is 3.73. The van der Waals surface area contributed by atoms with Crippen LogP contribution in [0.1, 0.15) is 49.8 Å². The highest BCUT2D eigenvalue weighted by Gasteiger charge is 2.17. The predicted octanol–water partition coefficient (Wildman–Crippen LogP) is 4.49. The van der Waals surface area contributed by atoms with Crippen molar-refractivity contribution in [3.63, 3.8) is 0 Å². The van der Waals surface area contributed by atoms with E-state index in [1.807, 2.05) is 13.8 Å². The number of para-hydroxylation sites is 1. The van der Waals surface area contributed by atoms with Crippen LogP contribution in [-0.4, -0.2) is 18.5 Å². The van der Waals surface area contributed by atoms with Gasteiger partial charge in [-0.1, -0.05) is 42.5 Å². The van der Waals surface area contributed by atoms with E-state index in [0.29, 0.717) is 6.42 Å². The lowest BCUT2D eigenvalue weighted by atomic mass is 9.95. The number of fused-ring (bicyclic) bond motifs is 2. The van der Waals surface area contributed by atoms with E-state index in [1.165, 1.54) is 22.4 Å². The average Bonchev–Trinajstić information content (AvgIpc) is 2.61. The summed E-state index contributed by atoms with van der Waals surface area (Å²) in [7, 11) is 0. The molecule has 3 heteroatoms. The Kier molecular flexibility index (Phi) is 6.32. The van der Waals surface area contributed by atoms with Crippen LogP contribution >= 0.6 is 0 Å². The molecule has 1 amide bonds. The molecule has 0 unspecified atom stereocenters. The quantitative estimate of drug-likeness (QED) is 0.779. The number of nitrogens with zero attached hydrogens (tertiary/aromatic N) is 1. The van der Waals surface area contributed by atoms with Gasteiger partial charge < -0.3 is 10.2 Å². The van der Waals surface area contributed by atoms with Crippen molar-refractivity contribution < 1.29 is 4.79 Å². The van der Waals surface area contributed by atoms with Crippen molar-refractivity contribution in [1.29, 1.82) is 0 Å². The Hall–Kier alpha value is -2.29. The van der Waals surface area contributed by atoms with Gasteiger partial charge in [-0.2, -0.15) is 0 Å². The zero-order chi connectivity index (χ0) is 18.4. The molecule has 138 valence electrons. The molecule has 0 aromatic heterocycles. The van der Waals surface area contributed by atoms with Crippen molar-refractivity contribution in [3.05, 3.63) is 65.2 Å². The summed E-state index contributed by atoms with van der Waals surface area (Å²) >= 11 is 0. The second-order valence-electron chi connectivity index (χ2n) is 7.50. The lowest BCUT2D eigenvalue weighted by Crippen LogP contribution is -2.30. The van der Waals surface area contributed by atoms with E-state index in [1.54, 1.807) is 0 Å². The van der Waals surface area contributed by atoms with E-state index in [0.717, 1.165) is 38.8 Å². The van der Waals surface area contributed by atoms with E-state index in [2.05, 4.69) is 58.7 Å². The first-order valence-electron chi connectivity index (χ1n) is 9.82. The van der Waals surface area contributed by atoms with Gasteiger partial charge in [0.25, 0.3) is 0 Å². The van der Waals surface area contributed by atoms with Crippen LogP contribution in [0, 0.1) is 0 Å². The zero-order valence-corrected chi connectivity index (χ0v) is 16.0. The van der Waals surface area contributed by atoms with Crippen LogP contribution in [0.25, 0.3) is 0 Å². The summed E-state index contributed by atoms with van der Waals surface area (Å²) in [5, 5.41) is 2.98. The Morgan fingerprint density at radius 1 is 0.962 bits per heavy atom. The van der Waals surface area contributed by atoms with Crippen LogP contribution in [0.4, 0.5) is 5.69 Å². The third-order valence-corrected chi connectivity index (χ3v) is 5.01. The average molecular weight is 351 g/mol. The zero-order valence-electron chi connectivity index (χ0n) is 16.0. The summed E-state index contributed by atoms with van der Waals surface area (Å²) in [5.74, 6) is 0.165. The minimum Gasteiger partial charge on any atom is -0.367 e. The molecule has 0 aliphatic carbocycles. The molecule has 2 aromatic carbocycles. The van der Waals surface area contributed by atoms with Crippen LogP contribution < -0.4 is 10.2 Å². The number of anilines is 1. The van der Waals surface area contributed by atoms with E-state index < -0.39 is 0 Å². The molecule has 0 saturated carbocycles. The number of nitrogens with one attached hydrogen (secondary N) is 1. The first-order chi connectivity index (χ1) is 12.6. The summed E-state index contributed by atoms with van der Waals surface area (Å²) in [4.78, 5) is 14.3. The molecule has 0 bridgehead atoms. The van der Waals surface area contributed by atoms with Crippen molar-refractivity contribution >= 4 is 11.6 Å². The number of aryl methyl sites for hydroxylation is 2. The Morgan fingerprint density at radius 2 is 1.62 bits per heavy atom. The van der Waals surface area contributed by atoms with Gasteiger partial charge in [0.1, 0.15) is 0 Å². The van der Waals surface area contributed by atoms with E-state index in [4.69, 9.17) is 0 Å². The molecule has 1 aliphatic heterocycles. The Morgan fingerprint density at radius 3 is 2.38 bits per heavy atom. The lowest BCUT2D eigenvalue weighted by molar-refractivity contribution is -0.121. The maximum atomic E-state index is 11.8. The predicted molar refractivity (Wildman–Crippen MR) is 108 cm³/mol. The summed E-state index contributed by atoms with van der Waals surface area (Å²) in [6, 6.07) is 17.8. The van der Waals surface area contributed by atoms with Crippen LogP contribution in [0.5, 0.6) is 0 Å². The smallest absolute Gasteiger partial charge is 0.220 e. The number of rotatable bonds is 6. The number of carbonyl (C=O) groups excluding carboxylic acids is 1. The molecule has 1 heterocycles. The largest absolute Gasteiger partial charge is 0.367 e. The van der Waals surface area contributed by atoms with Gasteiger partial charge >= 0.3 is 0 Å². The standard InChI is InChI=1S/C23H30N2O/c1-18(2)24-23(26)13-7-8-16-25-17-21-11-4-3-9-19(21)14-15-20-10-5-6-12-22(20)25/h3-6,9-12,18H,7-8,13-17H2,1-2H3,(H,24,26). The van der Waals surface area contributed by atoms with Crippen molar-refractivity contribution in [3.8, 4) is 0 Å². The number of carbonyl (C=O) groups is 1. The Bertz CT molecular complexity index is 738. The summed E-state index contributed by atoms with van der Waals surface area (Å²) in [5.41, 5.74) is 5.68. The summed E-state index contributed by atoms with van der Waals surface area (Å²) in [6.07, 6.45) is 4.77. The van der Waals surface area contributed by atoms with Gasteiger partial charge in [0.2, 0.25) is 5.91 Å². The van der Waals surface area contributed by atoms with Crippen molar-refractivity contribution in [2.45, 2.75) is 58.5 Å². The van der Waals surface area contributed by atoms with Gasteiger partial charge in [0.05, 0.1) is 0 Å². The van der Waals surface area contributed by atoms with Gasteiger partial charge in [-0.05, 0) is 62.3 Å². The number of hydrogen-bond donors (Lipinski definition) is 1. The van der Waals surface area contributed by atoms with Crippen LogP contribution in [-0.2, 0) is 24.2 Å². The highest BCUT2D eigenvalue weighted by molar-refractivity contribution is 5.76. The second-order valence-corrected chi connectivity index (χ2v) is 7.50. The highest BCUT2D eigenvalue weighted by atomic mass is 16.1. The molecule has 0 atom stereocenters. The number of unbranched alkanes of at least 4 members (excludes halogenated alkanes) is 1. The van der Waals surface area contributed by atoms with Crippen LogP contribution in [0.3, 0.4) is 0 Å². The van der Waals surface area contributed by atoms with Crippen molar-refractivity contribution in [1.82, 2.24) is 5.32 Å². The maximum absolute atomic E-state index is 11.8. The fraction of sp³-hybridized carbons (Fsp3) is 0.435. The molecule has 0 saturated heterocycles. The van der Waals surface area contributed by atoms with Crippen LogP contribution in [0.15, 0.2) is 48.5 Å². The molecule has 26 heavy (non-hydrogen) atoms. The lowest BCUT2D eigenvalue weighted by Gasteiger charge is -2.30. The molecule has 0 spiro atoms. The van der Waals surface area contributed by atoms with Gasteiger partial charge in [0.15, 0.2) is 0 Å². The SMILES string of the molecule is CC(C)NC(=O)CCCCN1Cc2ccccc2CCc2ccccc21. The Labute approximate surface area is 157 Å². The molecule has 0 radical (unpaired) electrons. The number of amides is 1. The minimum atomic E-state index is 0.165. The Balaban J connectivity index is 1.67. The van der Waals surface area contributed by atoms with Gasteiger partial charge in [-0.3, -0.25) is 4.79 Å². The summed E-state index contributed by atoms with van der Waals surface area (Å²) < 4.78 is 0. The van der Waals surface area contributed by atoms with Crippen LogP contribution in [0.2, 0.25) is 0 Å². The molecule has 2 aromatic rings. The first kappa shape index (κ1) is 18.5. The molecular formula is C23H30N2O.